The van der Waals surface area contributed by atoms with E-state index in [0.717, 1.165) is 34.4 Å². The molecule has 1 unspecified atom stereocenters. The zero-order valence-corrected chi connectivity index (χ0v) is 29.3. The molecule has 0 saturated carbocycles. The van der Waals surface area contributed by atoms with E-state index in [2.05, 4.69) is 179 Å². The van der Waals surface area contributed by atoms with Crippen molar-refractivity contribution < 1.29 is 9.31 Å². The summed E-state index contributed by atoms with van der Waals surface area (Å²) in [6, 6.07) is 35.1. The second-order valence-corrected chi connectivity index (χ2v) is 14.7. The van der Waals surface area contributed by atoms with Crippen LogP contribution in [0.15, 0.2) is 122 Å². The van der Waals surface area contributed by atoms with Crippen LogP contribution in [0, 0.1) is 0 Å². The number of rotatable bonds is 6. The van der Waals surface area contributed by atoms with Gasteiger partial charge in [0, 0.05) is 44.9 Å². The van der Waals surface area contributed by atoms with Crippen molar-refractivity contribution in [3.8, 4) is 0 Å². The Labute approximate surface area is 289 Å². The molecule has 0 N–H and O–H groups in total. The van der Waals surface area contributed by atoms with E-state index in [9.17, 15) is 0 Å². The molecule has 0 radical (unpaired) electrons. The molecule has 2 aliphatic rings. The van der Waals surface area contributed by atoms with E-state index in [4.69, 9.17) is 9.31 Å². The van der Waals surface area contributed by atoms with E-state index in [1.54, 1.807) is 0 Å². The third kappa shape index (κ3) is 4.90. The molecule has 1 aliphatic heterocycles. The SMILES string of the molecule is C=Cc1c(/C=C\C)n(C2=CC(C)(n3c4ccccc4c4ccccc43)CC(c3ccc(B4OC(C)(C)C(C)(C)O4)cc3)=C2)c2ccccc12. The van der Waals surface area contributed by atoms with Crippen LogP contribution in [0.4, 0.5) is 0 Å². The second-order valence-electron chi connectivity index (χ2n) is 14.7. The third-order valence-electron chi connectivity index (χ3n) is 11.0. The number of aromatic nitrogens is 2. The molecule has 6 aromatic rings. The van der Waals surface area contributed by atoms with E-state index in [0.29, 0.717) is 0 Å². The zero-order valence-electron chi connectivity index (χ0n) is 29.3. The molecule has 1 fully saturated rings. The summed E-state index contributed by atoms with van der Waals surface area (Å²) in [5.74, 6) is 0. The lowest BCUT2D eigenvalue weighted by molar-refractivity contribution is 0.00578. The topological polar surface area (TPSA) is 28.3 Å². The highest BCUT2D eigenvalue weighted by molar-refractivity contribution is 6.62. The molecule has 2 aromatic heterocycles. The van der Waals surface area contributed by atoms with Gasteiger partial charge in [-0.15, -0.1) is 0 Å². The first-order valence-electron chi connectivity index (χ1n) is 17.3. The van der Waals surface area contributed by atoms with Gasteiger partial charge in [-0.1, -0.05) is 97.6 Å². The van der Waals surface area contributed by atoms with E-state index in [1.807, 2.05) is 6.08 Å². The number of benzene rings is 4. The summed E-state index contributed by atoms with van der Waals surface area (Å²) >= 11 is 0. The minimum atomic E-state index is -0.398. The van der Waals surface area contributed by atoms with Gasteiger partial charge in [-0.2, -0.15) is 0 Å². The fraction of sp³-hybridized carbons (Fsp3) is 0.227. The smallest absolute Gasteiger partial charge is 0.399 e. The average Bonchev–Trinajstić information content (AvgIpc) is 3.68. The highest BCUT2D eigenvalue weighted by Gasteiger charge is 2.51. The highest BCUT2D eigenvalue weighted by atomic mass is 16.7. The van der Waals surface area contributed by atoms with Crippen LogP contribution in [0.25, 0.3) is 56.1 Å². The highest BCUT2D eigenvalue weighted by Crippen LogP contribution is 2.45. The Hall–Kier alpha value is -4.84. The van der Waals surface area contributed by atoms with Crippen LogP contribution in [0.5, 0.6) is 0 Å². The summed E-state index contributed by atoms with van der Waals surface area (Å²) in [4.78, 5) is 0. The Balaban J connectivity index is 1.34. The fourth-order valence-corrected chi connectivity index (χ4v) is 7.89. The maximum absolute atomic E-state index is 6.40. The maximum Gasteiger partial charge on any atom is 0.494 e. The largest absolute Gasteiger partial charge is 0.494 e. The first kappa shape index (κ1) is 31.4. The number of nitrogens with zero attached hydrogens (tertiary/aromatic N) is 2. The van der Waals surface area contributed by atoms with Crippen molar-refractivity contribution in [2.45, 2.75) is 64.7 Å². The van der Waals surface area contributed by atoms with Gasteiger partial charge in [0.2, 0.25) is 0 Å². The molecular weight excluding hydrogens is 599 g/mol. The number of para-hydroxylation sites is 3. The Morgan fingerprint density at radius 1 is 0.714 bits per heavy atom. The van der Waals surface area contributed by atoms with E-state index in [-0.39, 0.29) is 16.7 Å². The molecule has 0 bridgehead atoms. The summed E-state index contributed by atoms with van der Waals surface area (Å²) < 4.78 is 17.8. The Morgan fingerprint density at radius 2 is 1.27 bits per heavy atom. The molecular formula is C44H43BN2O2. The van der Waals surface area contributed by atoms with Crippen LogP contribution < -0.4 is 5.46 Å². The molecule has 8 rings (SSSR count). The first-order valence-corrected chi connectivity index (χ1v) is 17.3. The quantitative estimate of drug-likeness (QED) is 0.169. The van der Waals surface area contributed by atoms with Gasteiger partial charge < -0.3 is 18.4 Å². The summed E-state index contributed by atoms with van der Waals surface area (Å²) in [5, 5.41) is 3.73. The lowest BCUT2D eigenvalue weighted by Crippen LogP contribution is -2.41. The monoisotopic (exact) mass is 642 g/mol. The predicted octanol–water partition coefficient (Wildman–Crippen LogP) is 10.5. The van der Waals surface area contributed by atoms with Gasteiger partial charge in [-0.3, -0.25) is 0 Å². The van der Waals surface area contributed by atoms with Crippen LogP contribution in [0.2, 0.25) is 0 Å². The molecule has 0 spiro atoms. The van der Waals surface area contributed by atoms with Crippen LogP contribution >= 0.6 is 0 Å². The molecule has 3 heterocycles. The zero-order chi connectivity index (χ0) is 34.1. The summed E-state index contributed by atoms with van der Waals surface area (Å²) in [6.45, 7) is 17.1. The molecule has 1 saturated heterocycles. The van der Waals surface area contributed by atoms with Gasteiger partial charge in [0.1, 0.15) is 0 Å². The van der Waals surface area contributed by atoms with Crippen LogP contribution in [-0.4, -0.2) is 27.5 Å². The van der Waals surface area contributed by atoms with Crippen LogP contribution in [0.3, 0.4) is 0 Å². The molecule has 49 heavy (non-hydrogen) atoms. The molecule has 1 atom stereocenters. The minimum Gasteiger partial charge on any atom is -0.399 e. The van der Waals surface area contributed by atoms with Gasteiger partial charge in [-0.05, 0) is 94.6 Å². The van der Waals surface area contributed by atoms with Crippen molar-refractivity contribution in [2.75, 3.05) is 0 Å². The summed E-state index contributed by atoms with van der Waals surface area (Å²) in [7, 11) is -0.398. The normalized spacial score (nSPS) is 20.4. The van der Waals surface area contributed by atoms with E-state index in [1.165, 1.54) is 38.3 Å². The molecule has 1 aliphatic carbocycles. The Morgan fingerprint density at radius 3 is 1.84 bits per heavy atom. The third-order valence-corrected chi connectivity index (χ3v) is 11.0. The Kier molecular flexibility index (Phi) is 7.29. The summed E-state index contributed by atoms with van der Waals surface area (Å²) in [5.41, 5.74) is 9.35. The standard InChI is InChI=1S/C44H43BN2O2/c1-8-16-38-34(9-2)35-17-10-13-20-39(35)46(38)33-27-31(30-23-25-32(26-24-30)45-48-42(3,4)43(5,6)49-45)28-44(7,29-33)47-40-21-14-11-18-36(40)37-19-12-15-22-41(37)47/h8-27,29H,2,28H2,1,3-7H3/b16-8-. The Bertz CT molecular complexity index is 2300. The molecule has 5 heteroatoms. The first-order chi connectivity index (χ1) is 23.5. The van der Waals surface area contributed by atoms with Gasteiger partial charge in [-0.25, -0.2) is 0 Å². The van der Waals surface area contributed by atoms with E-state index < -0.39 is 7.12 Å². The van der Waals surface area contributed by atoms with Gasteiger partial charge in [0.25, 0.3) is 0 Å². The minimum absolute atomic E-state index is 0.388. The molecule has 4 nitrogen and oxygen atoms in total. The molecule has 0 amide bonds. The lowest BCUT2D eigenvalue weighted by Gasteiger charge is -2.36. The summed E-state index contributed by atoms with van der Waals surface area (Å²) in [6.07, 6.45) is 12.0. The van der Waals surface area contributed by atoms with Crippen molar-refractivity contribution in [1.82, 2.24) is 9.13 Å². The number of hydrogen-bond acceptors (Lipinski definition) is 2. The number of fused-ring (bicyclic) bond motifs is 4. The fourth-order valence-electron chi connectivity index (χ4n) is 7.89. The van der Waals surface area contributed by atoms with Crippen LogP contribution in [0.1, 0.15) is 64.8 Å². The van der Waals surface area contributed by atoms with Crippen molar-refractivity contribution >= 4 is 68.7 Å². The number of hydrogen-bond donors (Lipinski definition) is 0. The number of allylic oxidation sites excluding steroid dienone is 5. The van der Waals surface area contributed by atoms with Crippen LogP contribution in [-0.2, 0) is 14.8 Å². The lowest BCUT2D eigenvalue weighted by atomic mass is 9.77. The van der Waals surface area contributed by atoms with E-state index >= 15 is 0 Å². The molecule has 4 aromatic carbocycles. The van der Waals surface area contributed by atoms with Crippen molar-refractivity contribution in [3.05, 3.63) is 139 Å². The predicted molar refractivity (Wildman–Crippen MR) is 209 cm³/mol. The van der Waals surface area contributed by atoms with Crippen molar-refractivity contribution in [3.63, 3.8) is 0 Å². The maximum atomic E-state index is 6.40. The second kappa shape index (κ2) is 11.4. The average molecular weight is 643 g/mol. The molecule has 244 valence electrons. The van der Waals surface area contributed by atoms with Gasteiger partial charge in [0.05, 0.1) is 28.0 Å². The van der Waals surface area contributed by atoms with Gasteiger partial charge >= 0.3 is 7.12 Å². The van der Waals surface area contributed by atoms with Crippen molar-refractivity contribution in [2.24, 2.45) is 0 Å². The van der Waals surface area contributed by atoms with Crippen molar-refractivity contribution in [1.29, 1.82) is 0 Å². The van der Waals surface area contributed by atoms with Gasteiger partial charge in [0.15, 0.2) is 0 Å².